The largest absolute Gasteiger partial charge is 0.493 e. The Balaban J connectivity index is 1.43. The summed E-state index contributed by atoms with van der Waals surface area (Å²) in [5, 5.41) is 0.943. The van der Waals surface area contributed by atoms with Crippen molar-refractivity contribution >= 4 is 38.7 Å². The van der Waals surface area contributed by atoms with E-state index < -0.39 is 0 Å². The summed E-state index contributed by atoms with van der Waals surface area (Å²) in [6.07, 6.45) is 3.52. The lowest BCUT2D eigenvalue weighted by Crippen LogP contribution is -2.48. The number of thiazole rings is 1. The molecule has 29 heavy (non-hydrogen) atoms. The second kappa shape index (κ2) is 8.53. The molecule has 0 radical (unpaired) electrons. The molecule has 0 unspecified atom stereocenters. The lowest BCUT2D eigenvalue weighted by molar-refractivity contribution is -0.126. The zero-order chi connectivity index (χ0) is 20.2. The monoisotopic (exact) mass is 409 g/mol. The molecule has 1 aliphatic heterocycles. The third kappa shape index (κ3) is 4.05. The van der Waals surface area contributed by atoms with Gasteiger partial charge in [0.15, 0.2) is 16.6 Å². The molecule has 1 aliphatic rings. The number of benzene rings is 2. The van der Waals surface area contributed by atoms with Crippen molar-refractivity contribution in [2.75, 3.05) is 45.3 Å². The van der Waals surface area contributed by atoms with Crippen LogP contribution in [0.1, 0.15) is 5.56 Å². The number of rotatable bonds is 5. The van der Waals surface area contributed by atoms with Crippen LogP contribution in [0.15, 0.2) is 48.5 Å². The van der Waals surface area contributed by atoms with Gasteiger partial charge in [-0.05, 0) is 23.8 Å². The van der Waals surface area contributed by atoms with Crippen LogP contribution in [0.4, 0.5) is 5.13 Å². The predicted molar refractivity (Wildman–Crippen MR) is 117 cm³/mol. The Labute approximate surface area is 174 Å². The Morgan fingerprint density at radius 1 is 1.03 bits per heavy atom. The van der Waals surface area contributed by atoms with Crippen molar-refractivity contribution in [3.63, 3.8) is 0 Å². The van der Waals surface area contributed by atoms with Gasteiger partial charge in [0, 0.05) is 32.3 Å². The van der Waals surface area contributed by atoms with Gasteiger partial charge in [0.05, 0.1) is 18.9 Å². The summed E-state index contributed by atoms with van der Waals surface area (Å²) in [4.78, 5) is 21.4. The van der Waals surface area contributed by atoms with Crippen molar-refractivity contribution in [3.8, 4) is 11.5 Å². The van der Waals surface area contributed by atoms with Crippen LogP contribution in [0.25, 0.3) is 16.3 Å². The molecule has 6 nitrogen and oxygen atoms in total. The van der Waals surface area contributed by atoms with Gasteiger partial charge in [-0.3, -0.25) is 4.79 Å². The van der Waals surface area contributed by atoms with Crippen molar-refractivity contribution in [3.05, 3.63) is 54.1 Å². The Morgan fingerprint density at radius 3 is 2.48 bits per heavy atom. The molecule has 0 aliphatic carbocycles. The van der Waals surface area contributed by atoms with Gasteiger partial charge in [-0.25, -0.2) is 4.98 Å². The molecule has 4 rings (SSSR count). The van der Waals surface area contributed by atoms with Crippen LogP contribution in [-0.2, 0) is 4.79 Å². The van der Waals surface area contributed by atoms with E-state index in [1.165, 1.54) is 0 Å². The molecule has 0 spiro atoms. The topological polar surface area (TPSA) is 54.9 Å². The maximum Gasteiger partial charge on any atom is 0.246 e. The van der Waals surface area contributed by atoms with Crippen molar-refractivity contribution < 1.29 is 14.3 Å². The van der Waals surface area contributed by atoms with E-state index in [0.29, 0.717) is 24.6 Å². The van der Waals surface area contributed by atoms with E-state index >= 15 is 0 Å². The van der Waals surface area contributed by atoms with Gasteiger partial charge in [0.2, 0.25) is 5.91 Å². The molecule has 0 saturated carbocycles. The van der Waals surface area contributed by atoms with Crippen LogP contribution in [0, 0.1) is 0 Å². The van der Waals surface area contributed by atoms with Crippen LogP contribution < -0.4 is 14.4 Å². The molecule has 3 aromatic rings. The van der Waals surface area contributed by atoms with Gasteiger partial charge in [-0.2, -0.15) is 0 Å². The van der Waals surface area contributed by atoms with E-state index in [2.05, 4.69) is 4.90 Å². The number of amides is 1. The van der Waals surface area contributed by atoms with Gasteiger partial charge in [-0.15, -0.1) is 0 Å². The highest BCUT2D eigenvalue weighted by Gasteiger charge is 2.23. The van der Waals surface area contributed by atoms with E-state index in [1.807, 2.05) is 53.4 Å². The second-order valence-corrected chi connectivity index (χ2v) is 7.71. The van der Waals surface area contributed by atoms with Gasteiger partial charge in [0.25, 0.3) is 0 Å². The van der Waals surface area contributed by atoms with Crippen molar-refractivity contribution in [2.24, 2.45) is 0 Å². The fourth-order valence-electron chi connectivity index (χ4n) is 3.39. The smallest absolute Gasteiger partial charge is 0.246 e. The number of hydrogen-bond acceptors (Lipinski definition) is 6. The molecule has 2 heterocycles. The normalized spacial score (nSPS) is 14.6. The number of hydrogen-bond donors (Lipinski definition) is 0. The quantitative estimate of drug-likeness (QED) is 0.602. The average molecular weight is 410 g/mol. The van der Waals surface area contributed by atoms with Gasteiger partial charge < -0.3 is 19.3 Å². The van der Waals surface area contributed by atoms with Crippen molar-refractivity contribution in [2.45, 2.75) is 0 Å². The molecule has 0 bridgehead atoms. The molecule has 1 fully saturated rings. The van der Waals surface area contributed by atoms with Gasteiger partial charge in [0.1, 0.15) is 5.52 Å². The minimum Gasteiger partial charge on any atom is -0.493 e. The molecule has 2 aromatic carbocycles. The van der Waals surface area contributed by atoms with Crippen LogP contribution in [0.5, 0.6) is 11.5 Å². The Kier molecular flexibility index (Phi) is 5.67. The summed E-state index contributed by atoms with van der Waals surface area (Å²) < 4.78 is 11.9. The first-order chi connectivity index (χ1) is 14.2. The zero-order valence-electron chi connectivity index (χ0n) is 16.5. The van der Waals surface area contributed by atoms with Crippen LogP contribution in [0.3, 0.4) is 0 Å². The molecule has 7 heteroatoms. The van der Waals surface area contributed by atoms with Gasteiger partial charge in [-0.1, -0.05) is 41.7 Å². The van der Waals surface area contributed by atoms with Crippen molar-refractivity contribution in [1.82, 2.24) is 9.88 Å². The summed E-state index contributed by atoms with van der Waals surface area (Å²) in [5.74, 6) is 1.38. The minimum atomic E-state index is 0.0456. The van der Waals surface area contributed by atoms with Crippen LogP contribution >= 0.6 is 11.3 Å². The highest BCUT2D eigenvalue weighted by atomic mass is 32.1. The lowest BCUT2D eigenvalue weighted by Gasteiger charge is -2.34. The van der Waals surface area contributed by atoms with E-state index in [-0.39, 0.29) is 5.91 Å². The van der Waals surface area contributed by atoms with Crippen LogP contribution in [-0.4, -0.2) is 56.2 Å². The summed E-state index contributed by atoms with van der Waals surface area (Å²) in [6, 6.07) is 13.8. The number of fused-ring (bicyclic) bond motifs is 1. The summed E-state index contributed by atoms with van der Waals surface area (Å²) in [6.45, 7) is 2.86. The number of methoxy groups -OCH3 is 2. The Morgan fingerprint density at radius 2 is 1.79 bits per heavy atom. The standard InChI is InChI=1S/C22H23N3O3S/c1-27-17-9-10-18-20(21(17)28-2)23-22(29-18)25-14-12-24(13-15-25)19(26)11-8-16-6-4-3-5-7-16/h3-11H,12-15H2,1-2H3/b11-8+. The van der Waals surface area contributed by atoms with E-state index in [9.17, 15) is 4.79 Å². The molecule has 0 atom stereocenters. The molecular formula is C22H23N3O3S. The third-order valence-electron chi connectivity index (χ3n) is 4.97. The predicted octanol–water partition coefficient (Wildman–Crippen LogP) is 3.68. The molecule has 1 saturated heterocycles. The first-order valence-corrected chi connectivity index (χ1v) is 10.3. The maximum atomic E-state index is 12.5. The van der Waals surface area contributed by atoms with E-state index in [0.717, 1.165) is 34.0 Å². The molecule has 1 amide bonds. The second-order valence-electron chi connectivity index (χ2n) is 6.70. The number of carbonyl (C=O) groups is 1. The third-order valence-corrected chi connectivity index (χ3v) is 6.05. The molecule has 150 valence electrons. The highest BCUT2D eigenvalue weighted by Crippen LogP contribution is 2.40. The van der Waals surface area contributed by atoms with Gasteiger partial charge >= 0.3 is 0 Å². The van der Waals surface area contributed by atoms with E-state index in [4.69, 9.17) is 14.5 Å². The number of anilines is 1. The Bertz CT molecular complexity index is 1020. The first kappa shape index (κ1) is 19.3. The molecule has 1 aromatic heterocycles. The Hall–Kier alpha value is -3.06. The number of carbonyl (C=O) groups excluding carboxylic acids is 1. The molecule has 0 N–H and O–H groups in total. The van der Waals surface area contributed by atoms with Crippen molar-refractivity contribution in [1.29, 1.82) is 0 Å². The number of piperazine rings is 1. The summed E-state index contributed by atoms with van der Waals surface area (Å²) in [5.41, 5.74) is 1.84. The fraction of sp³-hybridized carbons (Fsp3) is 0.273. The summed E-state index contributed by atoms with van der Waals surface area (Å²) >= 11 is 1.63. The number of ether oxygens (including phenoxy) is 2. The number of nitrogens with zero attached hydrogens (tertiary/aromatic N) is 3. The van der Waals surface area contributed by atoms with E-state index in [1.54, 1.807) is 31.6 Å². The molecular weight excluding hydrogens is 386 g/mol. The zero-order valence-corrected chi connectivity index (χ0v) is 17.3. The minimum absolute atomic E-state index is 0.0456. The first-order valence-electron chi connectivity index (χ1n) is 9.48. The maximum absolute atomic E-state index is 12.5. The lowest BCUT2D eigenvalue weighted by atomic mass is 10.2. The average Bonchev–Trinajstić information content (AvgIpc) is 3.22. The SMILES string of the molecule is COc1ccc2sc(N3CCN(C(=O)/C=C/c4ccccc4)CC3)nc2c1OC. The fourth-order valence-corrected chi connectivity index (χ4v) is 4.40. The number of aromatic nitrogens is 1. The van der Waals surface area contributed by atoms with Crippen LogP contribution in [0.2, 0.25) is 0 Å². The summed E-state index contributed by atoms with van der Waals surface area (Å²) in [7, 11) is 3.25. The highest BCUT2D eigenvalue weighted by molar-refractivity contribution is 7.22.